The minimum Gasteiger partial charge on any atom is -0.387 e. The Kier molecular flexibility index (Phi) is 6.02. The van der Waals surface area contributed by atoms with Crippen LogP contribution >= 0.6 is 0 Å². The third kappa shape index (κ3) is 4.58. The van der Waals surface area contributed by atoms with Crippen molar-refractivity contribution in [2.75, 3.05) is 20.1 Å². The molecule has 0 spiro atoms. The smallest absolute Gasteiger partial charge is 0.0916 e. The van der Waals surface area contributed by atoms with Gasteiger partial charge in [0.1, 0.15) is 0 Å². The second-order valence-electron chi connectivity index (χ2n) is 6.19. The summed E-state index contributed by atoms with van der Waals surface area (Å²) in [7, 11) is 2.12. The molecular formula is C17H28N2O. The highest BCUT2D eigenvalue weighted by Gasteiger charge is 2.17. The maximum Gasteiger partial charge on any atom is 0.0916 e. The van der Waals surface area contributed by atoms with Gasteiger partial charge in [-0.3, -0.25) is 0 Å². The van der Waals surface area contributed by atoms with Crippen molar-refractivity contribution in [3.8, 4) is 0 Å². The van der Waals surface area contributed by atoms with Crippen LogP contribution in [0.15, 0.2) is 24.3 Å². The lowest BCUT2D eigenvalue weighted by Crippen LogP contribution is -2.30. The number of benzene rings is 1. The lowest BCUT2D eigenvalue weighted by Gasteiger charge is -2.28. The monoisotopic (exact) mass is 276 g/mol. The van der Waals surface area contributed by atoms with Crippen molar-refractivity contribution in [2.45, 2.75) is 44.8 Å². The molecule has 0 saturated heterocycles. The highest BCUT2D eigenvalue weighted by atomic mass is 16.3. The number of rotatable bonds is 6. The van der Waals surface area contributed by atoms with E-state index in [1.54, 1.807) is 0 Å². The third-order valence-corrected chi connectivity index (χ3v) is 4.38. The Hall–Kier alpha value is -0.900. The first-order valence-electron chi connectivity index (χ1n) is 7.84. The van der Waals surface area contributed by atoms with Gasteiger partial charge in [0.25, 0.3) is 0 Å². The predicted octanol–water partition coefficient (Wildman–Crippen LogP) is 2.69. The van der Waals surface area contributed by atoms with Gasteiger partial charge < -0.3 is 15.7 Å². The summed E-state index contributed by atoms with van der Waals surface area (Å²) in [4.78, 5) is 2.28. The van der Waals surface area contributed by atoms with Gasteiger partial charge in [0.05, 0.1) is 6.10 Å². The summed E-state index contributed by atoms with van der Waals surface area (Å²) < 4.78 is 0. The van der Waals surface area contributed by atoms with Crippen LogP contribution < -0.4 is 5.73 Å². The summed E-state index contributed by atoms with van der Waals surface area (Å²) in [6, 6.07) is 7.97. The summed E-state index contributed by atoms with van der Waals surface area (Å²) >= 11 is 0. The van der Waals surface area contributed by atoms with Gasteiger partial charge in [-0.25, -0.2) is 0 Å². The van der Waals surface area contributed by atoms with Crippen LogP contribution in [0, 0.1) is 5.92 Å². The molecule has 0 heterocycles. The first kappa shape index (κ1) is 15.5. The third-order valence-electron chi connectivity index (χ3n) is 4.38. The molecule has 1 atom stereocenters. The van der Waals surface area contributed by atoms with Gasteiger partial charge in [-0.1, -0.05) is 43.5 Å². The van der Waals surface area contributed by atoms with Crippen molar-refractivity contribution < 1.29 is 5.11 Å². The first-order valence-corrected chi connectivity index (χ1v) is 7.84. The molecule has 1 fully saturated rings. The zero-order chi connectivity index (χ0) is 14.4. The van der Waals surface area contributed by atoms with E-state index in [2.05, 4.69) is 11.9 Å². The predicted molar refractivity (Wildman–Crippen MR) is 83.4 cm³/mol. The summed E-state index contributed by atoms with van der Waals surface area (Å²) in [5, 5.41) is 10.3. The summed E-state index contributed by atoms with van der Waals surface area (Å²) in [5.74, 6) is 0.820. The Bertz CT molecular complexity index is 384. The van der Waals surface area contributed by atoms with E-state index < -0.39 is 6.10 Å². The normalized spacial score (nSPS) is 18.4. The van der Waals surface area contributed by atoms with E-state index >= 15 is 0 Å². The number of aliphatic hydroxyl groups is 1. The maximum atomic E-state index is 10.3. The number of aliphatic hydroxyl groups excluding tert-OH is 1. The minimum absolute atomic E-state index is 0.407. The molecule has 20 heavy (non-hydrogen) atoms. The average molecular weight is 276 g/mol. The maximum absolute atomic E-state index is 10.3. The van der Waals surface area contributed by atoms with Crippen LogP contribution in [0.25, 0.3) is 0 Å². The van der Waals surface area contributed by atoms with E-state index in [-0.39, 0.29) is 0 Å². The first-order chi connectivity index (χ1) is 9.69. The molecule has 1 aliphatic carbocycles. The molecule has 2 rings (SSSR count). The van der Waals surface area contributed by atoms with Crippen molar-refractivity contribution in [1.29, 1.82) is 0 Å². The molecule has 0 bridgehead atoms. The van der Waals surface area contributed by atoms with Crippen LogP contribution in [0.4, 0.5) is 0 Å². The van der Waals surface area contributed by atoms with E-state index in [1.807, 2.05) is 24.3 Å². The molecule has 1 unspecified atom stereocenters. The topological polar surface area (TPSA) is 49.5 Å². The van der Waals surface area contributed by atoms with Crippen LogP contribution in [0.3, 0.4) is 0 Å². The van der Waals surface area contributed by atoms with E-state index in [0.717, 1.165) is 23.6 Å². The summed E-state index contributed by atoms with van der Waals surface area (Å²) in [6.07, 6.45) is 6.45. The lowest BCUT2D eigenvalue weighted by atomic mass is 9.89. The van der Waals surface area contributed by atoms with E-state index in [1.165, 1.54) is 32.1 Å². The Morgan fingerprint density at radius 1 is 1.20 bits per heavy atom. The van der Waals surface area contributed by atoms with E-state index in [9.17, 15) is 5.11 Å². The highest BCUT2D eigenvalue weighted by Crippen LogP contribution is 2.24. The van der Waals surface area contributed by atoms with Gasteiger partial charge in [0, 0.05) is 19.6 Å². The zero-order valence-corrected chi connectivity index (χ0v) is 12.6. The highest BCUT2D eigenvalue weighted by molar-refractivity contribution is 5.24. The van der Waals surface area contributed by atoms with Gasteiger partial charge in [-0.2, -0.15) is 0 Å². The largest absolute Gasteiger partial charge is 0.387 e. The van der Waals surface area contributed by atoms with Crippen LogP contribution in [0.1, 0.15) is 49.3 Å². The molecule has 112 valence electrons. The SMILES string of the molecule is CN(CC1CCCCC1)CC(O)c1ccc(CN)cc1. The number of likely N-dealkylation sites (N-methyl/N-ethyl adjacent to an activating group) is 1. The van der Waals surface area contributed by atoms with Gasteiger partial charge in [-0.05, 0) is 36.9 Å². The van der Waals surface area contributed by atoms with Gasteiger partial charge in [-0.15, -0.1) is 0 Å². The molecule has 0 amide bonds. The van der Waals surface area contributed by atoms with Gasteiger partial charge >= 0.3 is 0 Å². The summed E-state index contributed by atoms with van der Waals surface area (Å²) in [5.41, 5.74) is 7.68. The van der Waals surface area contributed by atoms with Crippen LogP contribution in [-0.4, -0.2) is 30.1 Å². The second kappa shape index (κ2) is 7.77. The van der Waals surface area contributed by atoms with Crippen molar-refractivity contribution in [3.63, 3.8) is 0 Å². The van der Waals surface area contributed by atoms with Crippen molar-refractivity contribution >= 4 is 0 Å². The fraction of sp³-hybridized carbons (Fsp3) is 0.647. The molecule has 3 heteroatoms. The van der Waals surface area contributed by atoms with Crippen molar-refractivity contribution in [1.82, 2.24) is 4.90 Å². The molecule has 1 aliphatic rings. The number of hydrogen-bond acceptors (Lipinski definition) is 3. The fourth-order valence-electron chi connectivity index (χ4n) is 3.16. The molecule has 1 saturated carbocycles. The molecular weight excluding hydrogens is 248 g/mol. The fourth-order valence-corrected chi connectivity index (χ4v) is 3.16. The standard InChI is InChI=1S/C17H28N2O/c1-19(12-15-5-3-2-4-6-15)13-17(20)16-9-7-14(11-18)8-10-16/h7-10,15,17,20H,2-6,11-13,18H2,1H3. The van der Waals surface area contributed by atoms with E-state index in [0.29, 0.717) is 13.1 Å². The van der Waals surface area contributed by atoms with Crippen LogP contribution in [-0.2, 0) is 6.54 Å². The number of nitrogens with two attached hydrogens (primary N) is 1. The molecule has 1 aromatic carbocycles. The minimum atomic E-state index is -0.407. The molecule has 3 nitrogen and oxygen atoms in total. The van der Waals surface area contributed by atoms with E-state index in [4.69, 9.17) is 5.73 Å². The molecule has 0 aromatic heterocycles. The molecule has 1 aromatic rings. The van der Waals surface area contributed by atoms with Crippen LogP contribution in [0.5, 0.6) is 0 Å². The van der Waals surface area contributed by atoms with Crippen molar-refractivity contribution in [2.24, 2.45) is 11.7 Å². The zero-order valence-electron chi connectivity index (χ0n) is 12.6. The van der Waals surface area contributed by atoms with Gasteiger partial charge in [0.15, 0.2) is 0 Å². The van der Waals surface area contributed by atoms with Crippen molar-refractivity contribution in [3.05, 3.63) is 35.4 Å². The number of hydrogen-bond donors (Lipinski definition) is 2. The van der Waals surface area contributed by atoms with Crippen LogP contribution in [0.2, 0.25) is 0 Å². The average Bonchev–Trinajstić information content (AvgIpc) is 2.48. The lowest BCUT2D eigenvalue weighted by molar-refractivity contribution is 0.113. The number of nitrogens with zero attached hydrogens (tertiary/aromatic N) is 1. The Morgan fingerprint density at radius 2 is 1.85 bits per heavy atom. The Morgan fingerprint density at radius 3 is 2.45 bits per heavy atom. The quantitative estimate of drug-likeness (QED) is 0.840. The Labute approximate surface area is 122 Å². The van der Waals surface area contributed by atoms with Gasteiger partial charge in [0.2, 0.25) is 0 Å². The molecule has 0 radical (unpaired) electrons. The molecule has 3 N–H and O–H groups in total. The molecule has 0 aliphatic heterocycles. The second-order valence-corrected chi connectivity index (χ2v) is 6.19. The summed E-state index contributed by atoms with van der Waals surface area (Å²) in [6.45, 7) is 2.37. The Balaban J connectivity index is 1.81.